The fourth-order valence-electron chi connectivity index (χ4n) is 11.4. The zero-order valence-electron chi connectivity index (χ0n) is 59.6. The van der Waals surface area contributed by atoms with Gasteiger partial charge in [-0.3, -0.25) is 62.3 Å². The molecule has 0 aromatic carbocycles. The normalized spacial score (nSPS) is 28.7. The number of carbonyl (C=O) groups is 13. The highest BCUT2D eigenvalue weighted by Gasteiger charge is 2.47. The maximum Gasteiger partial charge on any atom is 0.248 e. The lowest BCUT2D eigenvalue weighted by Crippen LogP contribution is -2.65. The van der Waals surface area contributed by atoms with E-state index in [0.29, 0.717) is 12.8 Å². The summed E-state index contributed by atoms with van der Waals surface area (Å²) in [6, 6.07) is -20.1. The highest BCUT2D eigenvalue weighted by molar-refractivity contribution is 6.00. The highest BCUT2D eigenvalue weighted by atomic mass is 16.3. The standard InChI is InChI=1S/C65H115N13O20/c1-16-18-19-20-21-22-38-26-45(85)71-46(31(5)6)58(91)76-50(53(86)32(7)8)61(94)67-35(12)55(88)75-51(54(87)33(9)10)62(95)69-40(23-24-44(66)84)64(97)77(15)52(34(11)17-2)63(96)74-49(43(83)29-79)60(93)73-48(37(14)81)65(98)78-28-39(82)27-42(78)57(90)70-41(25-30(3)4)56(89)72-47(36(13)80)59(92)68-38/h30-43,46-54,79-83,86-87H,16-29H2,1-15H3,(H2,66,84)(H,67,94)(H,68,92)(H,69,95)(H,70,90)(H,71,85)(H,72,89)(H,73,93)(H,74,96)(H,75,88)(H,76,91)/t34-,35-,36+,37-,38+,39+,40+,41+,42-,43-,46-,47-,48-,49+,50+,51+,52-,53-,54+/m0/s1. The van der Waals surface area contributed by atoms with Gasteiger partial charge in [-0.2, -0.15) is 0 Å². The third-order valence-corrected chi connectivity index (χ3v) is 17.6. The predicted molar refractivity (Wildman–Crippen MR) is 356 cm³/mol. The number of likely N-dealkylation sites (N-methyl/N-ethyl adjacent to an activating group) is 1. The van der Waals surface area contributed by atoms with Crippen molar-refractivity contribution in [1.82, 2.24) is 63.0 Å². The number of unbranched alkanes of at least 4 members (excludes halogenated alkanes) is 4. The Morgan fingerprint density at radius 3 is 1.54 bits per heavy atom. The van der Waals surface area contributed by atoms with Gasteiger partial charge in [-0.05, 0) is 69.6 Å². The van der Waals surface area contributed by atoms with Gasteiger partial charge in [0.2, 0.25) is 76.8 Å². The van der Waals surface area contributed by atoms with E-state index in [1.807, 2.05) is 6.92 Å². The number of rotatable bonds is 22. The van der Waals surface area contributed by atoms with Crippen LogP contribution in [0, 0.1) is 29.6 Å². The summed E-state index contributed by atoms with van der Waals surface area (Å²) in [6.45, 7) is 19.5. The molecule has 19 atom stereocenters. The fraction of sp³-hybridized carbons (Fsp3) is 0.800. The minimum absolute atomic E-state index is 0.0942. The van der Waals surface area contributed by atoms with Crippen LogP contribution >= 0.6 is 0 Å². The summed E-state index contributed by atoms with van der Waals surface area (Å²) in [6.07, 6.45) is -8.27. The molecule has 0 aliphatic carbocycles. The first-order valence-electron chi connectivity index (χ1n) is 34.2. The predicted octanol–water partition coefficient (Wildman–Crippen LogP) is -4.43. The number of nitrogens with two attached hydrogens (primary N) is 1. The second-order valence-corrected chi connectivity index (χ2v) is 27.7. The van der Waals surface area contributed by atoms with Crippen molar-refractivity contribution in [2.75, 3.05) is 20.2 Å². The molecule has 0 unspecified atom stereocenters. The molecule has 33 nitrogen and oxygen atoms in total. The van der Waals surface area contributed by atoms with Gasteiger partial charge in [0.1, 0.15) is 72.6 Å². The number of aliphatic hydroxyl groups is 7. The molecule has 0 saturated carbocycles. The maximum atomic E-state index is 14.7. The summed E-state index contributed by atoms with van der Waals surface area (Å²) in [5, 5.41) is 102. The molecule has 0 aromatic heterocycles. The van der Waals surface area contributed by atoms with Crippen molar-refractivity contribution < 1.29 is 98.1 Å². The zero-order valence-corrected chi connectivity index (χ0v) is 59.6. The summed E-state index contributed by atoms with van der Waals surface area (Å²) in [5.74, 6) is -17.2. The number of carbonyl (C=O) groups excluding carboxylic acids is 13. The lowest BCUT2D eigenvalue weighted by molar-refractivity contribution is -0.147. The Morgan fingerprint density at radius 1 is 0.541 bits per heavy atom. The van der Waals surface area contributed by atoms with Crippen LogP contribution in [0.3, 0.4) is 0 Å². The molecule has 2 fully saturated rings. The highest BCUT2D eigenvalue weighted by Crippen LogP contribution is 2.23. The molecule has 2 saturated heterocycles. The van der Waals surface area contributed by atoms with Crippen LogP contribution in [0.1, 0.15) is 174 Å². The minimum Gasteiger partial charge on any atom is -0.394 e. The van der Waals surface area contributed by atoms with Gasteiger partial charge in [0.15, 0.2) is 0 Å². The van der Waals surface area contributed by atoms with Crippen LogP contribution in [-0.4, -0.2) is 252 Å². The van der Waals surface area contributed by atoms with Crippen LogP contribution in [0.15, 0.2) is 0 Å². The van der Waals surface area contributed by atoms with E-state index < -0.39 is 248 Å². The van der Waals surface area contributed by atoms with Gasteiger partial charge in [0, 0.05) is 38.9 Å². The van der Waals surface area contributed by atoms with Gasteiger partial charge < -0.3 is 104 Å². The van der Waals surface area contributed by atoms with Crippen LogP contribution in [0.25, 0.3) is 0 Å². The van der Waals surface area contributed by atoms with Gasteiger partial charge in [-0.25, -0.2) is 0 Å². The van der Waals surface area contributed by atoms with E-state index in [2.05, 4.69) is 53.2 Å². The molecule has 2 aliphatic rings. The van der Waals surface area contributed by atoms with Crippen LogP contribution in [0.4, 0.5) is 0 Å². The topological polar surface area (TPSA) is 516 Å². The smallest absolute Gasteiger partial charge is 0.248 e. The van der Waals surface area contributed by atoms with Gasteiger partial charge in [-0.15, -0.1) is 0 Å². The third-order valence-electron chi connectivity index (χ3n) is 17.6. The molecule has 33 heteroatoms. The Kier molecular flexibility index (Phi) is 36.7. The second kappa shape index (κ2) is 41.4. The van der Waals surface area contributed by atoms with Gasteiger partial charge in [-0.1, -0.05) is 115 Å². The van der Waals surface area contributed by atoms with E-state index in [9.17, 15) is 98.1 Å². The number of aliphatic hydroxyl groups excluding tert-OH is 7. The molecule has 0 bridgehead atoms. The van der Waals surface area contributed by atoms with Crippen LogP contribution < -0.4 is 58.9 Å². The molecule has 0 aromatic rings. The molecular formula is C65H115N13O20. The first-order valence-corrected chi connectivity index (χ1v) is 34.2. The Bertz CT molecular complexity index is 2700. The summed E-state index contributed by atoms with van der Waals surface area (Å²) in [4.78, 5) is 187. The van der Waals surface area contributed by atoms with Crippen LogP contribution in [0.5, 0.6) is 0 Å². The lowest BCUT2D eigenvalue weighted by atomic mass is 9.94. The number of fused-ring (bicyclic) bond motifs is 1. The molecule has 560 valence electrons. The van der Waals surface area contributed by atoms with E-state index in [-0.39, 0.29) is 25.2 Å². The van der Waals surface area contributed by atoms with Crippen molar-refractivity contribution >= 4 is 76.8 Å². The Morgan fingerprint density at radius 2 is 1.03 bits per heavy atom. The first kappa shape index (κ1) is 86.9. The van der Waals surface area contributed by atoms with Gasteiger partial charge in [0.05, 0.1) is 37.1 Å². The monoisotopic (exact) mass is 1400 g/mol. The Labute approximate surface area is 574 Å². The first-order chi connectivity index (χ1) is 45.6. The van der Waals surface area contributed by atoms with E-state index in [1.165, 1.54) is 48.5 Å². The number of hydrogen-bond acceptors (Lipinski definition) is 20. The number of amides is 13. The average molecular weight is 1400 g/mol. The summed E-state index contributed by atoms with van der Waals surface area (Å²) < 4.78 is 0. The summed E-state index contributed by atoms with van der Waals surface area (Å²) in [5.41, 5.74) is 5.50. The molecule has 2 aliphatic heterocycles. The summed E-state index contributed by atoms with van der Waals surface area (Å²) in [7, 11) is 1.13. The molecule has 2 rings (SSSR count). The van der Waals surface area contributed by atoms with Gasteiger partial charge >= 0.3 is 0 Å². The Hall–Kier alpha value is -7.17. The molecule has 98 heavy (non-hydrogen) atoms. The third kappa shape index (κ3) is 26.5. The zero-order chi connectivity index (χ0) is 74.9. The van der Waals surface area contributed by atoms with Crippen LogP contribution in [0.2, 0.25) is 0 Å². The quantitative estimate of drug-likeness (QED) is 0.0455. The van der Waals surface area contributed by atoms with Gasteiger partial charge in [0.25, 0.3) is 0 Å². The number of nitrogens with one attached hydrogen (secondary N) is 10. The molecule has 0 radical (unpaired) electrons. The van der Waals surface area contributed by atoms with Crippen molar-refractivity contribution in [2.45, 2.75) is 283 Å². The number of hydrogen-bond donors (Lipinski definition) is 18. The lowest BCUT2D eigenvalue weighted by Gasteiger charge is -2.36. The molecular weight excluding hydrogens is 1280 g/mol. The fourth-order valence-corrected chi connectivity index (χ4v) is 11.4. The summed E-state index contributed by atoms with van der Waals surface area (Å²) >= 11 is 0. The van der Waals surface area contributed by atoms with Crippen molar-refractivity contribution in [3.05, 3.63) is 0 Å². The molecule has 2 heterocycles. The number of primary amides is 1. The average Bonchev–Trinajstić information content (AvgIpc) is 1.56. The Balaban J connectivity index is 2.98. The molecule has 13 amide bonds. The van der Waals surface area contributed by atoms with Crippen LogP contribution in [-0.2, 0) is 62.3 Å². The SMILES string of the molecule is CCCCCCC[C@@H]1CC(=O)N[C@@H](C(C)C)C(=O)N[C@H]([C@@H](O)C(C)C)C(=O)N[C@@H](C)C(=O)N[C@H]([C@H](O)C(C)C)C(=O)N[C@H](CCC(N)=O)C(=O)N(C)[C@@H]([C@@H](C)CC)C(=O)N[C@H]([C@@H](O)CO)C(=O)N[C@@H]([C@H](C)O)C(=O)N2C[C@H](O)C[C@H]2C(=O)N[C@H](CC(C)C)C(=O)N[C@@H]([C@@H](C)O)C(=O)N1. The van der Waals surface area contributed by atoms with Crippen molar-refractivity contribution in [3.8, 4) is 0 Å². The van der Waals surface area contributed by atoms with E-state index in [4.69, 9.17) is 5.73 Å². The number of nitrogens with zero attached hydrogens (tertiary/aromatic N) is 2. The van der Waals surface area contributed by atoms with Crippen molar-refractivity contribution in [2.24, 2.45) is 35.3 Å². The largest absolute Gasteiger partial charge is 0.394 e. The maximum absolute atomic E-state index is 14.7. The van der Waals surface area contributed by atoms with E-state index in [0.717, 1.165) is 43.0 Å². The molecule has 0 spiro atoms. The minimum atomic E-state index is -2.17. The van der Waals surface area contributed by atoms with E-state index >= 15 is 0 Å². The van der Waals surface area contributed by atoms with Crippen molar-refractivity contribution in [3.63, 3.8) is 0 Å². The molecule has 19 N–H and O–H groups in total. The van der Waals surface area contributed by atoms with E-state index in [1.54, 1.807) is 34.6 Å². The van der Waals surface area contributed by atoms with Crippen molar-refractivity contribution in [1.29, 1.82) is 0 Å². The second-order valence-electron chi connectivity index (χ2n) is 27.7.